The highest BCUT2D eigenvalue weighted by atomic mass is 79.9. The van der Waals surface area contributed by atoms with E-state index in [0.717, 1.165) is 9.35 Å². The van der Waals surface area contributed by atoms with E-state index in [0.29, 0.717) is 11.3 Å². The molecule has 6 nitrogen and oxygen atoms in total. The van der Waals surface area contributed by atoms with Crippen LogP contribution >= 0.6 is 27.3 Å². The van der Waals surface area contributed by atoms with Gasteiger partial charge in [0.05, 0.1) is 16.8 Å². The first-order chi connectivity index (χ1) is 11.1. The Morgan fingerprint density at radius 1 is 1.48 bits per heavy atom. The Kier molecular flexibility index (Phi) is 6.30. The number of phenolic OH excluding ortho intramolecular Hbond substituents is 1. The summed E-state index contributed by atoms with van der Waals surface area (Å²) in [4.78, 5) is 17.5. The predicted octanol–water partition coefficient (Wildman–Crippen LogP) is 3.11. The van der Waals surface area contributed by atoms with Gasteiger partial charge >= 0.3 is 0 Å². The van der Waals surface area contributed by atoms with Crippen LogP contribution < -0.4 is 5.43 Å². The van der Waals surface area contributed by atoms with Gasteiger partial charge in [0.1, 0.15) is 5.75 Å². The molecule has 23 heavy (non-hydrogen) atoms. The molecule has 2 aromatic rings. The first kappa shape index (κ1) is 17.2. The molecule has 0 aliphatic rings. The number of benzene rings is 1. The van der Waals surface area contributed by atoms with Gasteiger partial charge in [-0.2, -0.15) is 5.10 Å². The van der Waals surface area contributed by atoms with Crippen LogP contribution in [-0.2, 0) is 9.63 Å². The monoisotopic (exact) mass is 395 g/mol. The molecule has 8 heteroatoms. The van der Waals surface area contributed by atoms with Crippen LogP contribution in [-0.4, -0.2) is 29.5 Å². The molecule has 2 N–H and O–H groups in total. The van der Waals surface area contributed by atoms with Crippen molar-refractivity contribution in [1.82, 2.24) is 5.43 Å². The summed E-state index contributed by atoms with van der Waals surface area (Å²) >= 11 is 4.83. The number of carbonyl (C=O) groups is 1. The SMILES string of the molecule is C/C(=N\OCC(=O)N/N=C\c1cc(Br)ccc1O)c1cccs1. The molecule has 0 aliphatic carbocycles. The number of carbonyl (C=O) groups excluding carboxylic acids is 1. The third kappa shape index (κ3) is 5.50. The van der Waals surface area contributed by atoms with Crippen molar-refractivity contribution in [3.63, 3.8) is 0 Å². The van der Waals surface area contributed by atoms with E-state index in [1.54, 1.807) is 30.4 Å². The summed E-state index contributed by atoms with van der Waals surface area (Å²) in [6, 6.07) is 8.74. The molecule has 0 saturated carbocycles. The van der Waals surface area contributed by atoms with E-state index in [2.05, 4.69) is 31.6 Å². The molecule has 0 aliphatic heterocycles. The summed E-state index contributed by atoms with van der Waals surface area (Å²) in [6.45, 7) is 1.56. The third-order valence-electron chi connectivity index (χ3n) is 2.66. The molecule has 0 bridgehead atoms. The molecule has 0 atom stereocenters. The average Bonchev–Trinajstić information content (AvgIpc) is 3.05. The summed E-state index contributed by atoms with van der Waals surface area (Å²) in [5.41, 5.74) is 3.48. The van der Waals surface area contributed by atoms with E-state index in [1.165, 1.54) is 12.3 Å². The highest BCUT2D eigenvalue weighted by molar-refractivity contribution is 9.10. The van der Waals surface area contributed by atoms with Gasteiger partial charge in [0, 0.05) is 10.0 Å². The maximum Gasteiger partial charge on any atom is 0.280 e. The van der Waals surface area contributed by atoms with Gasteiger partial charge in [-0.25, -0.2) is 5.43 Å². The predicted molar refractivity (Wildman–Crippen MR) is 94.0 cm³/mol. The summed E-state index contributed by atoms with van der Waals surface area (Å²) in [7, 11) is 0. The van der Waals surface area contributed by atoms with Crippen molar-refractivity contribution < 1.29 is 14.7 Å². The number of rotatable bonds is 6. The topological polar surface area (TPSA) is 83.3 Å². The lowest BCUT2D eigenvalue weighted by Crippen LogP contribution is -2.22. The van der Waals surface area contributed by atoms with Crippen LogP contribution in [0.15, 0.2) is 50.4 Å². The third-order valence-corrected chi connectivity index (χ3v) is 4.13. The second kappa shape index (κ2) is 8.44. The van der Waals surface area contributed by atoms with Crippen molar-refractivity contribution in [2.45, 2.75) is 6.92 Å². The molecular weight excluding hydrogens is 382 g/mol. The van der Waals surface area contributed by atoms with Crippen LogP contribution in [0.5, 0.6) is 5.75 Å². The van der Waals surface area contributed by atoms with Crippen LogP contribution in [0.25, 0.3) is 0 Å². The van der Waals surface area contributed by atoms with E-state index in [1.807, 2.05) is 17.5 Å². The smallest absolute Gasteiger partial charge is 0.280 e. The molecule has 0 unspecified atom stereocenters. The normalized spacial score (nSPS) is 11.7. The van der Waals surface area contributed by atoms with Crippen molar-refractivity contribution in [1.29, 1.82) is 0 Å². The van der Waals surface area contributed by atoms with E-state index in [9.17, 15) is 9.90 Å². The highest BCUT2D eigenvalue weighted by Crippen LogP contribution is 2.19. The molecule has 0 fully saturated rings. The zero-order valence-electron chi connectivity index (χ0n) is 12.2. The summed E-state index contributed by atoms with van der Waals surface area (Å²) < 4.78 is 0.796. The lowest BCUT2D eigenvalue weighted by molar-refractivity contribution is -0.125. The van der Waals surface area contributed by atoms with Crippen LogP contribution in [0.2, 0.25) is 0 Å². The number of oxime groups is 1. The van der Waals surface area contributed by atoms with Gasteiger partial charge in [-0.1, -0.05) is 27.2 Å². The largest absolute Gasteiger partial charge is 0.507 e. The van der Waals surface area contributed by atoms with Crippen LogP contribution in [0.4, 0.5) is 0 Å². The molecule has 1 aromatic heterocycles. The second-order valence-electron chi connectivity index (χ2n) is 4.42. The zero-order chi connectivity index (χ0) is 16.7. The van der Waals surface area contributed by atoms with Crippen molar-refractivity contribution >= 4 is 45.1 Å². The fourth-order valence-electron chi connectivity index (χ4n) is 1.55. The van der Waals surface area contributed by atoms with Crippen LogP contribution in [0, 0.1) is 0 Å². The average molecular weight is 396 g/mol. The van der Waals surface area contributed by atoms with Gasteiger partial charge < -0.3 is 9.94 Å². The number of hydrogen-bond acceptors (Lipinski definition) is 6. The number of thiophene rings is 1. The van der Waals surface area contributed by atoms with Gasteiger partial charge in [0.2, 0.25) is 0 Å². The lowest BCUT2D eigenvalue weighted by Gasteiger charge is -2.01. The number of amides is 1. The van der Waals surface area contributed by atoms with E-state index in [4.69, 9.17) is 4.84 Å². The number of hydrazone groups is 1. The number of phenols is 1. The molecule has 1 amide bonds. The van der Waals surface area contributed by atoms with E-state index < -0.39 is 5.91 Å². The fourth-order valence-corrected chi connectivity index (χ4v) is 2.60. The molecule has 2 rings (SSSR count). The summed E-state index contributed by atoms with van der Waals surface area (Å²) in [5, 5.41) is 19.2. The van der Waals surface area contributed by atoms with Gasteiger partial charge in [-0.05, 0) is 36.6 Å². The Morgan fingerprint density at radius 3 is 3.04 bits per heavy atom. The van der Waals surface area contributed by atoms with Gasteiger partial charge in [-0.15, -0.1) is 11.3 Å². The maximum atomic E-state index is 11.6. The minimum atomic E-state index is -0.446. The Labute approximate surface area is 145 Å². The zero-order valence-corrected chi connectivity index (χ0v) is 14.6. The molecule has 0 spiro atoms. The standard InChI is InChI=1S/C15H14BrN3O3S/c1-10(14-3-2-6-23-14)19-22-9-15(21)18-17-8-11-7-12(16)4-5-13(11)20/h2-8,20H,9H2,1H3,(H,18,21)/b17-8-,19-10+. The maximum absolute atomic E-state index is 11.6. The number of hydrogen-bond donors (Lipinski definition) is 2. The second-order valence-corrected chi connectivity index (χ2v) is 6.29. The van der Waals surface area contributed by atoms with Crippen LogP contribution in [0.1, 0.15) is 17.4 Å². The molecule has 1 aromatic carbocycles. The first-order valence-electron chi connectivity index (χ1n) is 6.57. The lowest BCUT2D eigenvalue weighted by atomic mass is 10.2. The first-order valence-corrected chi connectivity index (χ1v) is 8.24. The fraction of sp³-hybridized carbons (Fsp3) is 0.133. The molecule has 0 radical (unpaired) electrons. The van der Waals surface area contributed by atoms with Gasteiger partial charge in [-0.3, -0.25) is 4.79 Å². The van der Waals surface area contributed by atoms with Crippen molar-refractivity contribution in [3.8, 4) is 5.75 Å². The van der Waals surface area contributed by atoms with Crippen molar-refractivity contribution in [3.05, 3.63) is 50.6 Å². The minimum Gasteiger partial charge on any atom is -0.507 e. The minimum absolute atomic E-state index is 0.0682. The molecular formula is C15H14BrN3O3S. The molecule has 0 saturated heterocycles. The number of nitrogens with zero attached hydrogens (tertiary/aromatic N) is 2. The number of halogens is 1. The van der Waals surface area contributed by atoms with Crippen molar-refractivity contribution in [2.75, 3.05) is 6.61 Å². The Morgan fingerprint density at radius 2 is 2.30 bits per heavy atom. The summed E-state index contributed by atoms with van der Waals surface area (Å²) in [5.74, 6) is -0.378. The molecule has 1 heterocycles. The van der Waals surface area contributed by atoms with Gasteiger partial charge in [0.15, 0.2) is 6.61 Å². The highest BCUT2D eigenvalue weighted by Gasteiger charge is 2.03. The summed E-state index contributed by atoms with van der Waals surface area (Å²) in [6.07, 6.45) is 1.35. The van der Waals surface area contributed by atoms with Gasteiger partial charge in [0.25, 0.3) is 5.91 Å². The molecule has 120 valence electrons. The Balaban J connectivity index is 1.80. The Bertz CT molecular complexity index is 730. The van der Waals surface area contributed by atoms with E-state index >= 15 is 0 Å². The number of nitrogens with one attached hydrogen (secondary N) is 1. The Hall–Kier alpha value is -2.19. The number of aromatic hydroxyl groups is 1. The van der Waals surface area contributed by atoms with Crippen molar-refractivity contribution in [2.24, 2.45) is 10.3 Å². The quantitative estimate of drug-likeness (QED) is 0.582. The van der Waals surface area contributed by atoms with Crippen LogP contribution in [0.3, 0.4) is 0 Å². The van der Waals surface area contributed by atoms with E-state index in [-0.39, 0.29) is 12.4 Å².